The number of anilines is 1. The summed E-state index contributed by atoms with van der Waals surface area (Å²) in [6, 6.07) is 6.67. The number of carbonyl (C=O) groups excluding carboxylic acids is 1. The summed E-state index contributed by atoms with van der Waals surface area (Å²) in [5.74, 6) is 0.0194. The first-order valence-electron chi connectivity index (χ1n) is 7.95. The van der Waals surface area contributed by atoms with E-state index in [9.17, 15) is 4.79 Å². The molecule has 0 spiro atoms. The van der Waals surface area contributed by atoms with Crippen molar-refractivity contribution in [2.45, 2.75) is 45.6 Å². The lowest BCUT2D eigenvalue weighted by Crippen LogP contribution is -2.37. The Kier molecular flexibility index (Phi) is 5.76. The van der Waals surface area contributed by atoms with Crippen LogP contribution in [-0.2, 0) is 17.6 Å². The minimum absolute atomic E-state index is 0.0194. The molecule has 4 heteroatoms. The molecular formula is C17H26N2O2. The van der Waals surface area contributed by atoms with Crippen molar-refractivity contribution >= 4 is 11.6 Å². The van der Waals surface area contributed by atoms with Crippen LogP contribution in [0, 0.1) is 0 Å². The third-order valence-electron chi connectivity index (χ3n) is 4.06. The van der Waals surface area contributed by atoms with Crippen molar-refractivity contribution in [3.05, 3.63) is 29.3 Å². The number of amides is 1. The molecule has 1 aromatic rings. The molecule has 21 heavy (non-hydrogen) atoms. The molecule has 1 aliphatic carbocycles. The van der Waals surface area contributed by atoms with Crippen molar-refractivity contribution in [1.82, 2.24) is 4.90 Å². The first-order valence-corrected chi connectivity index (χ1v) is 7.95. The molecule has 0 bridgehead atoms. The van der Waals surface area contributed by atoms with Gasteiger partial charge in [0.15, 0.2) is 0 Å². The van der Waals surface area contributed by atoms with Crippen LogP contribution in [-0.4, -0.2) is 41.7 Å². The van der Waals surface area contributed by atoms with Gasteiger partial charge in [-0.15, -0.1) is 0 Å². The fraction of sp³-hybridized carbons (Fsp3) is 0.588. The monoisotopic (exact) mass is 290 g/mol. The maximum absolute atomic E-state index is 12.3. The Labute approximate surface area is 127 Å². The Bertz CT molecular complexity index is 461. The molecule has 1 aromatic carbocycles. The van der Waals surface area contributed by atoms with E-state index < -0.39 is 0 Å². The van der Waals surface area contributed by atoms with Gasteiger partial charge in [0.1, 0.15) is 0 Å². The van der Waals surface area contributed by atoms with Crippen LogP contribution < -0.4 is 5.32 Å². The lowest BCUT2D eigenvalue weighted by Gasteiger charge is -2.21. The lowest BCUT2D eigenvalue weighted by atomic mass is 10.0. The van der Waals surface area contributed by atoms with Crippen molar-refractivity contribution in [3.63, 3.8) is 0 Å². The zero-order chi connectivity index (χ0) is 15.2. The van der Waals surface area contributed by atoms with Crippen LogP contribution in [0.5, 0.6) is 0 Å². The summed E-state index contributed by atoms with van der Waals surface area (Å²) in [6.07, 6.45) is 4.09. The molecule has 1 fully saturated rings. The average molecular weight is 290 g/mol. The summed E-state index contributed by atoms with van der Waals surface area (Å²) >= 11 is 0. The first kappa shape index (κ1) is 16.0. The Morgan fingerprint density at radius 1 is 1.29 bits per heavy atom. The van der Waals surface area contributed by atoms with Crippen LogP contribution >= 0.6 is 0 Å². The molecule has 1 amide bonds. The van der Waals surface area contributed by atoms with E-state index >= 15 is 0 Å². The molecule has 0 aromatic heterocycles. The zero-order valence-corrected chi connectivity index (χ0v) is 13.1. The van der Waals surface area contributed by atoms with Crippen LogP contribution in [0.3, 0.4) is 0 Å². The van der Waals surface area contributed by atoms with Gasteiger partial charge in [0.2, 0.25) is 5.91 Å². The molecule has 0 saturated heterocycles. The number of hydrogen-bond donors (Lipinski definition) is 2. The maximum Gasteiger partial charge on any atom is 0.238 e. The molecule has 1 saturated carbocycles. The molecule has 0 aliphatic heterocycles. The van der Waals surface area contributed by atoms with Gasteiger partial charge in [-0.1, -0.05) is 32.0 Å². The highest BCUT2D eigenvalue weighted by Gasteiger charge is 2.29. The fourth-order valence-corrected chi connectivity index (χ4v) is 2.73. The topological polar surface area (TPSA) is 52.6 Å². The second-order valence-electron chi connectivity index (χ2n) is 5.63. The van der Waals surface area contributed by atoms with E-state index in [4.69, 9.17) is 5.11 Å². The van der Waals surface area contributed by atoms with Crippen molar-refractivity contribution in [1.29, 1.82) is 0 Å². The summed E-state index contributed by atoms with van der Waals surface area (Å²) in [5, 5.41) is 12.2. The SMILES string of the molecule is CCc1cccc(CC)c1NC(=O)CN(CCO)C1CC1. The van der Waals surface area contributed by atoms with E-state index in [-0.39, 0.29) is 12.5 Å². The number of nitrogens with one attached hydrogen (secondary N) is 1. The summed E-state index contributed by atoms with van der Waals surface area (Å²) < 4.78 is 0. The van der Waals surface area contributed by atoms with E-state index in [1.807, 2.05) is 0 Å². The van der Waals surface area contributed by atoms with Gasteiger partial charge < -0.3 is 10.4 Å². The van der Waals surface area contributed by atoms with Crippen LogP contribution in [0.2, 0.25) is 0 Å². The van der Waals surface area contributed by atoms with Crippen LogP contribution in [0.1, 0.15) is 37.8 Å². The molecule has 4 nitrogen and oxygen atoms in total. The third-order valence-corrected chi connectivity index (χ3v) is 4.06. The molecule has 2 rings (SSSR count). The maximum atomic E-state index is 12.3. The summed E-state index contributed by atoms with van der Waals surface area (Å²) in [7, 11) is 0. The molecular weight excluding hydrogens is 264 g/mol. The van der Waals surface area contributed by atoms with Gasteiger partial charge in [-0.2, -0.15) is 0 Å². The van der Waals surface area contributed by atoms with Gasteiger partial charge in [-0.05, 0) is 36.8 Å². The Balaban J connectivity index is 2.04. The summed E-state index contributed by atoms with van der Waals surface area (Å²) in [4.78, 5) is 14.4. The number of aliphatic hydroxyl groups is 1. The number of rotatable bonds is 8. The quantitative estimate of drug-likeness (QED) is 0.772. The minimum Gasteiger partial charge on any atom is -0.395 e. The first-order chi connectivity index (χ1) is 10.2. The van der Waals surface area contributed by atoms with Crippen molar-refractivity contribution in [3.8, 4) is 0 Å². The van der Waals surface area contributed by atoms with Crippen molar-refractivity contribution < 1.29 is 9.90 Å². The highest BCUT2D eigenvalue weighted by molar-refractivity contribution is 5.93. The number of nitrogens with zero attached hydrogens (tertiary/aromatic N) is 1. The van der Waals surface area contributed by atoms with E-state index in [1.54, 1.807) is 0 Å². The van der Waals surface area contributed by atoms with E-state index in [1.165, 1.54) is 11.1 Å². The lowest BCUT2D eigenvalue weighted by molar-refractivity contribution is -0.117. The zero-order valence-electron chi connectivity index (χ0n) is 13.1. The number of hydrogen-bond acceptors (Lipinski definition) is 3. The number of benzene rings is 1. The second kappa shape index (κ2) is 7.57. The van der Waals surface area contributed by atoms with Gasteiger partial charge in [-0.3, -0.25) is 9.69 Å². The minimum atomic E-state index is 0.0194. The molecule has 116 valence electrons. The predicted molar refractivity (Wildman–Crippen MR) is 85.5 cm³/mol. The molecule has 0 radical (unpaired) electrons. The smallest absolute Gasteiger partial charge is 0.238 e. The van der Waals surface area contributed by atoms with E-state index in [2.05, 4.69) is 42.3 Å². The van der Waals surface area contributed by atoms with Crippen molar-refractivity contribution in [2.75, 3.05) is 25.0 Å². The molecule has 1 aliphatic rings. The van der Waals surface area contributed by atoms with Crippen LogP contribution in [0.4, 0.5) is 5.69 Å². The van der Waals surface area contributed by atoms with Crippen LogP contribution in [0.25, 0.3) is 0 Å². The Morgan fingerprint density at radius 3 is 2.38 bits per heavy atom. The third kappa shape index (κ3) is 4.29. The normalized spacial score (nSPS) is 14.5. The van der Waals surface area contributed by atoms with E-state index in [0.29, 0.717) is 19.1 Å². The molecule has 0 unspecified atom stereocenters. The van der Waals surface area contributed by atoms with Gasteiger partial charge in [-0.25, -0.2) is 0 Å². The summed E-state index contributed by atoms with van der Waals surface area (Å²) in [5.41, 5.74) is 3.35. The van der Waals surface area contributed by atoms with Crippen LogP contribution in [0.15, 0.2) is 18.2 Å². The molecule has 2 N–H and O–H groups in total. The van der Waals surface area contributed by atoms with Gasteiger partial charge >= 0.3 is 0 Å². The highest BCUT2D eigenvalue weighted by atomic mass is 16.3. The van der Waals surface area contributed by atoms with Gasteiger partial charge in [0.05, 0.1) is 13.2 Å². The number of carbonyl (C=O) groups is 1. The summed E-state index contributed by atoms with van der Waals surface area (Å²) in [6.45, 7) is 5.26. The number of para-hydroxylation sites is 1. The second-order valence-corrected chi connectivity index (χ2v) is 5.63. The molecule has 0 heterocycles. The highest BCUT2D eigenvalue weighted by Crippen LogP contribution is 2.27. The largest absolute Gasteiger partial charge is 0.395 e. The van der Waals surface area contributed by atoms with Gasteiger partial charge in [0, 0.05) is 18.3 Å². The van der Waals surface area contributed by atoms with Gasteiger partial charge in [0.25, 0.3) is 0 Å². The average Bonchev–Trinajstić information content (AvgIpc) is 3.31. The fourth-order valence-electron chi connectivity index (χ4n) is 2.73. The Hall–Kier alpha value is -1.39. The standard InChI is InChI=1S/C17H26N2O2/c1-3-13-6-5-7-14(4-2)17(13)18-16(21)12-19(10-11-20)15-8-9-15/h5-7,15,20H,3-4,8-12H2,1-2H3,(H,18,21). The van der Waals surface area contributed by atoms with Crippen molar-refractivity contribution in [2.24, 2.45) is 0 Å². The molecule has 0 atom stereocenters. The number of aryl methyl sites for hydroxylation is 2. The number of aliphatic hydroxyl groups excluding tert-OH is 1. The predicted octanol–water partition coefficient (Wildman–Crippen LogP) is 2.21. The Morgan fingerprint density at radius 2 is 1.90 bits per heavy atom. The van der Waals surface area contributed by atoms with E-state index in [0.717, 1.165) is 31.4 Å².